The molecule has 1 unspecified atom stereocenters. The SMILES string of the molecule is CNC(COC)Cc1nnc(C)s1. The molecule has 0 radical (unpaired) electrons. The molecule has 0 spiro atoms. The van der Waals surface area contributed by atoms with E-state index in [4.69, 9.17) is 4.74 Å². The minimum Gasteiger partial charge on any atom is -0.383 e. The van der Waals surface area contributed by atoms with Gasteiger partial charge in [0, 0.05) is 19.6 Å². The molecule has 1 N–H and O–H groups in total. The smallest absolute Gasteiger partial charge is 0.119 e. The number of likely N-dealkylation sites (N-methyl/N-ethyl adjacent to an activating group) is 1. The minimum absolute atomic E-state index is 0.331. The van der Waals surface area contributed by atoms with Gasteiger partial charge < -0.3 is 10.1 Å². The topological polar surface area (TPSA) is 47.0 Å². The van der Waals surface area contributed by atoms with Crippen molar-refractivity contribution in [3.8, 4) is 0 Å². The molecule has 1 aromatic rings. The molecule has 1 rings (SSSR count). The summed E-state index contributed by atoms with van der Waals surface area (Å²) in [4.78, 5) is 0. The molecule has 13 heavy (non-hydrogen) atoms. The fraction of sp³-hybridized carbons (Fsp3) is 0.750. The second kappa shape index (κ2) is 5.26. The van der Waals surface area contributed by atoms with Crippen LogP contribution >= 0.6 is 11.3 Å². The number of methoxy groups -OCH3 is 1. The lowest BCUT2D eigenvalue weighted by Gasteiger charge is -2.12. The van der Waals surface area contributed by atoms with E-state index in [1.807, 2.05) is 14.0 Å². The first-order valence-electron chi connectivity index (χ1n) is 4.21. The summed E-state index contributed by atoms with van der Waals surface area (Å²) in [5, 5.41) is 13.3. The zero-order chi connectivity index (χ0) is 9.68. The van der Waals surface area contributed by atoms with Crippen molar-refractivity contribution in [3.63, 3.8) is 0 Å². The van der Waals surface area contributed by atoms with E-state index in [1.165, 1.54) is 0 Å². The Morgan fingerprint density at radius 3 is 2.77 bits per heavy atom. The average molecular weight is 201 g/mol. The normalized spacial score (nSPS) is 13.2. The maximum atomic E-state index is 5.07. The van der Waals surface area contributed by atoms with Gasteiger partial charge in [0.15, 0.2) is 0 Å². The number of hydrogen-bond donors (Lipinski definition) is 1. The predicted molar refractivity (Wildman–Crippen MR) is 53.1 cm³/mol. The monoisotopic (exact) mass is 201 g/mol. The van der Waals surface area contributed by atoms with Crippen LogP contribution in [0, 0.1) is 6.92 Å². The Morgan fingerprint density at radius 2 is 2.31 bits per heavy atom. The van der Waals surface area contributed by atoms with Crippen molar-refractivity contribution in [3.05, 3.63) is 10.0 Å². The first-order valence-corrected chi connectivity index (χ1v) is 5.03. The lowest BCUT2D eigenvalue weighted by molar-refractivity contribution is 0.169. The fourth-order valence-electron chi connectivity index (χ4n) is 1.08. The largest absolute Gasteiger partial charge is 0.383 e. The summed E-state index contributed by atoms with van der Waals surface area (Å²) in [6, 6.07) is 0.331. The van der Waals surface area contributed by atoms with E-state index < -0.39 is 0 Å². The van der Waals surface area contributed by atoms with Gasteiger partial charge in [0.05, 0.1) is 6.61 Å². The van der Waals surface area contributed by atoms with Crippen LogP contribution in [0.25, 0.3) is 0 Å². The highest BCUT2D eigenvalue weighted by Crippen LogP contribution is 2.10. The standard InChI is InChI=1S/C8H15N3OS/c1-6-10-11-8(13-6)4-7(9-2)5-12-3/h7,9H,4-5H2,1-3H3. The molecule has 0 aliphatic heterocycles. The number of aromatic nitrogens is 2. The van der Waals surface area contributed by atoms with E-state index in [2.05, 4.69) is 15.5 Å². The van der Waals surface area contributed by atoms with Crippen LogP contribution in [0.1, 0.15) is 10.0 Å². The van der Waals surface area contributed by atoms with Crippen LogP contribution in [0.5, 0.6) is 0 Å². The average Bonchev–Trinajstić information content (AvgIpc) is 2.50. The van der Waals surface area contributed by atoms with Gasteiger partial charge in [0.2, 0.25) is 0 Å². The highest BCUT2D eigenvalue weighted by atomic mass is 32.1. The Morgan fingerprint density at radius 1 is 1.54 bits per heavy atom. The lowest BCUT2D eigenvalue weighted by Crippen LogP contribution is -2.32. The molecule has 74 valence electrons. The highest BCUT2D eigenvalue weighted by molar-refractivity contribution is 7.11. The summed E-state index contributed by atoms with van der Waals surface area (Å²) >= 11 is 1.64. The van der Waals surface area contributed by atoms with Crippen LogP contribution in [-0.2, 0) is 11.2 Å². The van der Waals surface area contributed by atoms with Crippen molar-refractivity contribution in [2.75, 3.05) is 20.8 Å². The number of aryl methyl sites for hydroxylation is 1. The van der Waals surface area contributed by atoms with Gasteiger partial charge in [0.25, 0.3) is 0 Å². The second-order valence-electron chi connectivity index (χ2n) is 2.86. The molecule has 0 saturated carbocycles. The van der Waals surface area contributed by atoms with Crippen LogP contribution in [0.3, 0.4) is 0 Å². The summed E-state index contributed by atoms with van der Waals surface area (Å²) in [6.07, 6.45) is 0.885. The summed E-state index contributed by atoms with van der Waals surface area (Å²) in [7, 11) is 3.63. The van der Waals surface area contributed by atoms with E-state index in [1.54, 1.807) is 18.4 Å². The Hall–Kier alpha value is -0.520. The van der Waals surface area contributed by atoms with Crippen molar-refractivity contribution in [2.45, 2.75) is 19.4 Å². The third-order valence-electron chi connectivity index (χ3n) is 1.76. The van der Waals surface area contributed by atoms with Gasteiger partial charge in [-0.25, -0.2) is 0 Å². The molecular weight excluding hydrogens is 186 g/mol. The van der Waals surface area contributed by atoms with Crippen molar-refractivity contribution in [1.29, 1.82) is 0 Å². The number of nitrogens with one attached hydrogen (secondary N) is 1. The molecular formula is C8H15N3OS. The van der Waals surface area contributed by atoms with E-state index >= 15 is 0 Å². The van der Waals surface area contributed by atoms with Crippen molar-refractivity contribution < 1.29 is 4.74 Å². The molecule has 1 heterocycles. The number of rotatable bonds is 5. The van der Waals surface area contributed by atoms with Crippen LogP contribution in [0.4, 0.5) is 0 Å². The Bertz CT molecular complexity index is 251. The minimum atomic E-state index is 0.331. The maximum absolute atomic E-state index is 5.07. The van der Waals surface area contributed by atoms with Crippen LogP contribution < -0.4 is 5.32 Å². The summed E-state index contributed by atoms with van der Waals surface area (Å²) in [6.45, 7) is 2.67. The van der Waals surface area contributed by atoms with E-state index in [9.17, 15) is 0 Å². The Labute approximate surface area is 82.3 Å². The van der Waals surface area contributed by atoms with E-state index in [-0.39, 0.29) is 0 Å². The van der Waals surface area contributed by atoms with Crippen LogP contribution in [0.2, 0.25) is 0 Å². The summed E-state index contributed by atoms with van der Waals surface area (Å²) in [5.74, 6) is 0. The third kappa shape index (κ3) is 3.38. The molecule has 0 fully saturated rings. The molecule has 1 aromatic heterocycles. The van der Waals surface area contributed by atoms with Gasteiger partial charge in [0.1, 0.15) is 10.0 Å². The summed E-state index contributed by atoms with van der Waals surface area (Å²) < 4.78 is 5.07. The van der Waals surface area contributed by atoms with Gasteiger partial charge in [-0.3, -0.25) is 0 Å². The predicted octanol–water partition coefficient (Wildman–Crippen LogP) is 0.623. The second-order valence-corrected chi connectivity index (χ2v) is 4.13. The molecule has 1 atom stereocenters. The third-order valence-corrected chi connectivity index (χ3v) is 2.63. The van der Waals surface area contributed by atoms with Gasteiger partial charge in [-0.05, 0) is 14.0 Å². The molecule has 5 heteroatoms. The zero-order valence-corrected chi connectivity index (χ0v) is 9.02. The molecule has 0 bridgehead atoms. The van der Waals surface area contributed by atoms with Gasteiger partial charge in [-0.2, -0.15) is 0 Å². The Balaban J connectivity index is 2.46. The van der Waals surface area contributed by atoms with Gasteiger partial charge in [-0.1, -0.05) is 0 Å². The first kappa shape index (κ1) is 10.6. The molecule has 4 nitrogen and oxygen atoms in total. The highest BCUT2D eigenvalue weighted by Gasteiger charge is 2.09. The van der Waals surface area contributed by atoms with Crippen LogP contribution in [0.15, 0.2) is 0 Å². The first-order chi connectivity index (χ1) is 6.26. The van der Waals surface area contributed by atoms with E-state index in [0.29, 0.717) is 12.6 Å². The molecule has 0 aliphatic rings. The van der Waals surface area contributed by atoms with E-state index in [0.717, 1.165) is 16.4 Å². The molecule has 0 saturated heterocycles. The van der Waals surface area contributed by atoms with Gasteiger partial charge >= 0.3 is 0 Å². The lowest BCUT2D eigenvalue weighted by atomic mass is 10.2. The van der Waals surface area contributed by atoms with Crippen molar-refractivity contribution in [2.24, 2.45) is 0 Å². The van der Waals surface area contributed by atoms with Crippen LogP contribution in [-0.4, -0.2) is 37.0 Å². The summed E-state index contributed by atoms with van der Waals surface area (Å²) in [5.41, 5.74) is 0. The molecule has 0 aromatic carbocycles. The number of ether oxygens (including phenoxy) is 1. The van der Waals surface area contributed by atoms with Crippen molar-refractivity contribution in [1.82, 2.24) is 15.5 Å². The zero-order valence-electron chi connectivity index (χ0n) is 8.20. The maximum Gasteiger partial charge on any atom is 0.119 e. The number of nitrogens with zero attached hydrogens (tertiary/aromatic N) is 2. The molecule has 0 aliphatic carbocycles. The number of hydrogen-bond acceptors (Lipinski definition) is 5. The fourth-order valence-corrected chi connectivity index (χ4v) is 1.87. The quantitative estimate of drug-likeness (QED) is 0.759. The van der Waals surface area contributed by atoms with Crippen molar-refractivity contribution >= 4 is 11.3 Å². The Kier molecular flexibility index (Phi) is 4.27. The van der Waals surface area contributed by atoms with Gasteiger partial charge in [-0.15, -0.1) is 21.5 Å². The molecule has 0 amide bonds.